The largest absolute Gasteiger partial charge is 0.497 e. The SMILES string of the molecule is COc1cccc(C(=O)N2N=C(c3cccc(OC)c3)CC2c2cc3ccc(OC)cc3nc2Cl)c1. The van der Waals surface area contributed by atoms with E-state index in [0.29, 0.717) is 45.5 Å². The molecule has 0 radical (unpaired) electrons. The van der Waals surface area contributed by atoms with Gasteiger partial charge in [-0.05, 0) is 48.5 Å². The first kappa shape index (κ1) is 23.6. The van der Waals surface area contributed by atoms with Crippen molar-refractivity contribution in [3.63, 3.8) is 0 Å². The van der Waals surface area contributed by atoms with Crippen molar-refractivity contribution in [1.82, 2.24) is 9.99 Å². The molecular formula is C28H24ClN3O4. The summed E-state index contributed by atoms with van der Waals surface area (Å²) in [5, 5.41) is 7.46. The van der Waals surface area contributed by atoms with Gasteiger partial charge in [-0.1, -0.05) is 29.8 Å². The molecule has 2 heterocycles. The first-order chi connectivity index (χ1) is 17.5. The number of hydrogen-bond donors (Lipinski definition) is 0. The third-order valence-corrected chi connectivity index (χ3v) is 6.51. The number of nitrogens with zero attached hydrogens (tertiary/aromatic N) is 3. The predicted octanol–water partition coefficient (Wildman–Crippen LogP) is 5.91. The Labute approximate surface area is 213 Å². The first-order valence-corrected chi connectivity index (χ1v) is 11.7. The number of carbonyl (C=O) groups is 1. The van der Waals surface area contributed by atoms with Crippen molar-refractivity contribution >= 4 is 34.1 Å². The zero-order valence-electron chi connectivity index (χ0n) is 20.1. The predicted molar refractivity (Wildman–Crippen MR) is 139 cm³/mol. The lowest BCUT2D eigenvalue weighted by atomic mass is 9.98. The van der Waals surface area contributed by atoms with E-state index in [0.717, 1.165) is 16.7 Å². The molecule has 8 heteroatoms. The van der Waals surface area contributed by atoms with Gasteiger partial charge >= 0.3 is 0 Å². The number of hydrogen-bond acceptors (Lipinski definition) is 6. The van der Waals surface area contributed by atoms with Crippen molar-refractivity contribution in [2.45, 2.75) is 12.5 Å². The van der Waals surface area contributed by atoms with Crippen LogP contribution in [0.2, 0.25) is 5.15 Å². The molecule has 36 heavy (non-hydrogen) atoms. The molecule has 1 atom stereocenters. The summed E-state index contributed by atoms with van der Waals surface area (Å²) in [5.41, 5.74) is 3.51. The summed E-state index contributed by atoms with van der Waals surface area (Å²) in [6, 6.07) is 21.8. The number of halogens is 1. The van der Waals surface area contributed by atoms with Gasteiger partial charge in [-0.2, -0.15) is 5.10 Å². The van der Waals surface area contributed by atoms with E-state index in [4.69, 9.17) is 30.9 Å². The molecule has 7 nitrogen and oxygen atoms in total. The van der Waals surface area contributed by atoms with Gasteiger partial charge in [0.05, 0.1) is 38.6 Å². The van der Waals surface area contributed by atoms with E-state index in [2.05, 4.69) is 4.98 Å². The summed E-state index contributed by atoms with van der Waals surface area (Å²) in [6.07, 6.45) is 0.464. The van der Waals surface area contributed by atoms with Crippen LogP contribution in [-0.4, -0.2) is 42.9 Å². The highest BCUT2D eigenvalue weighted by Gasteiger charge is 2.35. The van der Waals surface area contributed by atoms with E-state index < -0.39 is 6.04 Å². The fourth-order valence-electron chi connectivity index (χ4n) is 4.31. The summed E-state index contributed by atoms with van der Waals surface area (Å²) < 4.78 is 16.0. The molecule has 1 amide bonds. The molecule has 1 aromatic heterocycles. The van der Waals surface area contributed by atoms with Gasteiger partial charge in [0.1, 0.15) is 22.4 Å². The molecule has 5 rings (SSSR count). The van der Waals surface area contributed by atoms with Gasteiger partial charge in [-0.15, -0.1) is 0 Å². The van der Waals surface area contributed by atoms with Crippen LogP contribution in [0.15, 0.2) is 77.9 Å². The molecule has 0 aliphatic carbocycles. The van der Waals surface area contributed by atoms with Gasteiger partial charge < -0.3 is 14.2 Å². The maximum Gasteiger partial charge on any atom is 0.274 e. The summed E-state index contributed by atoms with van der Waals surface area (Å²) >= 11 is 6.70. The number of pyridine rings is 1. The lowest BCUT2D eigenvalue weighted by Crippen LogP contribution is -2.27. The zero-order chi connectivity index (χ0) is 25.2. The van der Waals surface area contributed by atoms with Crippen LogP contribution in [0.3, 0.4) is 0 Å². The molecule has 182 valence electrons. The highest BCUT2D eigenvalue weighted by atomic mass is 35.5. The first-order valence-electron chi connectivity index (χ1n) is 11.3. The number of carbonyl (C=O) groups excluding carboxylic acids is 1. The number of hydrazone groups is 1. The minimum atomic E-state index is -0.448. The van der Waals surface area contributed by atoms with Crippen molar-refractivity contribution < 1.29 is 19.0 Å². The van der Waals surface area contributed by atoms with Crippen LogP contribution in [0.1, 0.15) is 33.9 Å². The van der Waals surface area contributed by atoms with Crippen molar-refractivity contribution in [3.05, 3.63) is 94.6 Å². The minimum Gasteiger partial charge on any atom is -0.497 e. The Kier molecular flexibility index (Phi) is 6.48. The molecule has 4 aromatic rings. The average molecular weight is 502 g/mol. The van der Waals surface area contributed by atoms with Gasteiger partial charge in [0.15, 0.2) is 0 Å². The number of benzene rings is 3. The van der Waals surface area contributed by atoms with E-state index in [-0.39, 0.29) is 5.91 Å². The quantitative estimate of drug-likeness (QED) is 0.307. The number of ether oxygens (including phenoxy) is 3. The fraction of sp³-hybridized carbons (Fsp3) is 0.179. The molecule has 1 aliphatic rings. The Hall–Kier alpha value is -4.10. The van der Waals surface area contributed by atoms with Crippen molar-refractivity contribution in [2.24, 2.45) is 5.10 Å². The number of aromatic nitrogens is 1. The average Bonchev–Trinajstić information content (AvgIpc) is 3.37. The molecule has 1 aliphatic heterocycles. The monoisotopic (exact) mass is 501 g/mol. The molecule has 0 N–H and O–H groups in total. The van der Waals surface area contributed by atoms with E-state index in [1.54, 1.807) is 45.6 Å². The molecule has 0 fully saturated rings. The number of fused-ring (bicyclic) bond motifs is 1. The third-order valence-electron chi connectivity index (χ3n) is 6.20. The van der Waals surface area contributed by atoms with Crippen LogP contribution >= 0.6 is 11.6 Å². The second-order valence-electron chi connectivity index (χ2n) is 8.31. The van der Waals surface area contributed by atoms with E-state index in [1.165, 1.54) is 5.01 Å². The Balaban J connectivity index is 1.60. The van der Waals surface area contributed by atoms with Gasteiger partial charge in [-0.3, -0.25) is 4.79 Å². The molecule has 1 unspecified atom stereocenters. The van der Waals surface area contributed by atoms with Crippen LogP contribution < -0.4 is 14.2 Å². The summed E-state index contributed by atoms with van der Waals surface area (Å²) in [7, 11) is 4.79. The van der Waals surface area contributed by atoms with Crippen LogP contribution in [0.5, 0.6) is 17.2 Å². The number of amides is 1. The van der Waals surface area contributed by atoms with Crippen LogP contribution in [0.4, 0.5) is 0 Å². The normalized spacial score (nSPS) is 15.1. The summed E-state index contributed by atoms with van der Waals surface area (Å²) in [6.45, 7) is 0. The van der Waals surface area contributed by atoms with Gasteiger partial charge in [-0.25, -0.2) is 9.99 Å². The second kappa shape index (κ2) is 9.87. The van der Waals surface area contributed by atoms with E-state index in [9.17, 15) is 4.79 Å². The zero-order valence-corrected chi connectivity index (χ0v) is 20.8. The fourth-order valence-corrected chi connectivity index (χ4v) is 4.58. The van der Waals surface area contributed by atoms with Gasteiger partial charge in [0.2, 0.25) is 0 Å². The van der Waals surface area contributed by atoms with Crippen molar-refractivity contribution in [3.8, 4) is 17.2 Å². The Bertz CT molecular complexity index is 1490. The second-order valence-corrected chi connectivity index (χ2v) is 8.67. The van der Waals surface area contributed by atoms with Gasteiger partial charge in [0, 0.05) is 34.6 Å². The molecule has 0 bridgehead atoms. The van der Waals surface area contributed by atoms with E-state index in [1.807, 2.05) is 48.5 Å². The topological polar surface area (TPSA) is 73.2 Å². The maximum atomic E-state index is 13.7. The van der Waals surface area contributed by atoms with Gasteiger partial charge in [0.25, 0.3) is 5.91 Å². The molecular weight excluding hydrogens is 478 g/mol. The molecule has 0 saturated carbocycles. The van der Waals surface area contributed by atoms with Crippen LogP contribution in [0.25, 0.3) is 10.9 Å². The summed E-state index contributed by atoms with van der Waals surface area (Å²) in [4.78, 5) is 18.3. The smallest absolute Gasteiger partial charge is 0.274 e. The highest BCUT2D eigenvalue weighted by Crippen LogP contribution is 2.39. The van der Waals surface area contributed by atoms with E-state index >= 15 is 0 Å². The van der Waals surface area contributed by atoms with Crippen molar-refractivity contribution in [2.75, 3.05) is 21.3 Å². The number of rotatable bonds is 6. The minimum absolute atomic E-state index is 0.261. The lowest BCUT2D eigenvalue weighted by Gasteiger charge is -2.23. The highest BCUT2D eigenvalue weighted by molar-refractivity contribution is 6.30. The van der Waals surface area contributed by atoms with Crippen LogP contribution in [0, 0.1) is 0 Å². The Morgan fingerprint density at radius 1 is 0.889 bits per heavy atom. The Morgan fingerprint density at radius 3 is 2.33 bits per heavy atom. The molecule has 0 spiro atoms. The summed E-state index contributed by atoms with van der Waals surface area (Å²) in [5.74, 6) is 1.73. The lowest BCUT2D eigenvalue weighted by molar-refractivity contribution is 0.0711. The Morgan fingerprint density at radius 2 is 1.58 bits per heavy atom. The van der Waals surface area contributed by atoms with Crippen LogP contribution in [-0.2, 0) is 0 Å². The van der Waals surface area contributed by atoms with Crippen molar-refractivity contribution in [1.29, 1.82) is 0 Å². The molecule has 0 saturated heterocycles. The third kappa shape index (κ3) is 4.45. The standard InChI is InChI=1S/C28H24ClN3O4/c1-34-20-8-4-6-17(12-20)25-16-26(32(31-25)28(33)19-7-5-9-21(13-19)35-2)23-14-18-10-11-22(36-3)15-24(18)30-27(23)29/h4-15,26H,16H2,1-3H3. The number of methoxy groups -OCH3 is 3. The maximum absolute atomic E-state index is 13.7. The molecule has 3 aromatic carbocycles.